The lowest BCUT2D eigenvalue weighted by molar-refractivity contribution is -0.105. The standard InChI is InChI=1S/C20H13Cl2NO4/c21-15-8-12(9-16(22)20(15)26)3-4-13-10-14(5-6-17(13)23-11-24)19(25)18-2-1-7-27-18/h1-11,26H,(H,23,24)/b4-3+. The number of anilines is 1. The lowest BCUT2D eigenvalue weighted by atomic mass is 10.0. The number of carbonyl (C=O) groups is 2. The fourth-order valence-electron chi connectivity index (χ4n) is 2.45. The molecule has 0 aliphatic rings. The van der Waals surface area contributed by atoms with Crippen molar-refractivity contribution in [3.63, 3.8) is 0 Å². The first-order valence-electron chi connectivity index (χ1n) is 7.78. The molecule has 2 aromatic carbocycles. The number of aromatic hydroxyl groups is 1. The second-order valence-corrected chi connectivity index (χ2v) is 6.35. The van der Waals surface area contributed by atoms with E-state index < -0.39 is 0 Å². The van der Waals surface area contributed by atoms with E-state index in [-0.39, 0.29) is 27.3 Å². The third-order valence-electron chi connectivity index (χ3n) is 3.77. The second kappa shape index (κ2) is 8.12. The van der Waals surface area contributed by atoms with Gasteiger partial charge < -0.3 is 14.8 Å². The van der Waals surface area contributed by atoms with Gasteiger partial charge in [0.2, 0.25) is 12.2 Å². The molecule has 0 atom stereocenters. The van der Waals surface area contributed by atoms with Crippen molar-refractivity contribution >= 4 is 53.2 Å². The van der Waals surface area contributed by atoms with Gasteiger partial charge in [0.15, 0.2) is 11.5 Å². The first kappa shape index (κ1) is 18.8. The van der Waals surface area contributed by atoms with Crippen LogP contribution in [0.25, 0.3) is 12.2 Å². The van der Waals surface area contributed by atoms with E-state index in [1.54, 1.807) is 54.6 Å². The number of rotatable bonds is 6. The summed E-state index contributed by atoms with van der Waals surface area (Å²) in [4.78, 5) is 23.3. The van der Waals surface area contributed by atoms with Crippen molar-refractivity contribution < 1.29 is 19.1 Å². The Balaban J connectivity index is 1.98. The number of phenolic OH excluding ortho intramolecular Hbond substituents is 1. The molecule has 0 radical (unpaired) electrons. The minimum Gasteiger partial charge on any atom is -0.505 e. The highest BCUT2D eigenvalue weighted by molar-refractivity contribution is 6.37. The largest absolute Gasteiger partial charge is 0.505 e. The number of nitrogens with one attached hydrogen (secondary N) is 1. The molecule has 27 heavy (non-hydrogen) atoms. The third kappa shape index (κ3) is 4.22. The molecule has 1 aromatic heterocycles. The van der Waals surface area contributed by atoms with Crippen LogP contribution in [0.3, 0.4) is 0 Å². The Morgan fingerprint density at radius 2 is 1.81 bits per heavy atom. The molecule has 0 unspecified atom stereocenters. The van der Waals surface area contributed by atoms with Crippen LogP contribution in [0.5, 0.6) is 5.75 Å². The fraction of sp³-hybridized carbons (Fsp3) is 0. The number of phenols is 1. The maximum Gasteiger partial charge on any atom is 0.228 e. The molecule has 0 fully saturated rings. The molecular weight excluding hydrogens is 389 g/mol. The number of hydrogen-bond acceptors (Lipinski definition) is 4. The van der Waals surface area contributed by atoms with Crippen molar-refractivity contribution in [3.05, 3.63) is 81.2 Å². The van der Waals surface area contributed by atoms with Gasteiger partial charge in [-0.25, -0.2) is 0 Å². The zero-order valence-electron chi connectivity index (χ0n) is 13.8. The second-order valence-electron chi connectivity index (χ2n) is 5.54. The molecule has 136 valence electrons. The number of hydrogen-bond donors (Lipinski definition) is 2. The molecule has 0 saturated carbocycles. The van der Waals surface area contributed by atoms with Crippen molar-refractivity contribution in [2.75, 3.05) is 5.32 Å². The van der Waals surface area contributed by atoms with Gasteiger partial charge >= 0.3 is 0 Å². The fourth-order valence-corrected chi connectivity index (χ4v) is 2.96. The van der Waals surface area contributed by atoms with Gasteiger partial charge in [0.1, 0.15) is 0 Å². The van der Waals surface area contributed by atoms with Crippen LogP contribution < -0.4 is 5.32 Å². The van der Waals surface area contributed by atoms with Crippen molar-refractivity contribution in [2.24, 2.45) is 0 Å². The SMILES string of the molecule is O=CNc1ccc(C(=O)c2ccco2)cc1/C=C/c1cc(Cl)c(O)c(Cl)c1. The van der Waals surface area contributed by atoms with Crippen LogP contribution in [-0.4, -0.2) is 17.3 Å². The summed E-state index contributed by atoms with van der Waals surface area (Å²) < 4.78 is 5.14. The van der Waals surface area contributed by atoms with Gasteiger partial charge in [0.05, 0.1) is 16.3 Å². The average molecular weight is 402 g/mol. The predicted molar refractivity (Wildman–Crippen MR) is 105 cm³/mol. The minimum atomic E-state index is -0.275. The van der Waals surface area contributed by atoms with Crippen LogP contribution in [0.15, 0.2) is 53.1 Å². The Morgan fingerprint density at radius 3 is 2.44 bits per heavy atom. The van der Waals surface area contributed by atoms with Crippen molar-refractivity contribution in [3.8, 4) is 5.75 Å². The van der Waals surface area contributed by atoms with Crippen LogP contribution in [0.4, 0.5) is 5.69 Å². The quantitative estimate of drug-likeness (QED) is 0.335. The van der Waals surface area contributed by atoms with Crippen LogP contribution in [0, 0.1) is 0 Å². The Morgan fingerprint density at radius 1 is 1.07 bits per heavy atom. The summed E-state index contributed by atoms with van der Waals surface area (Å²) in [5.74, 6) is -0.244. The molecule has 1 amide bonds. The molecular formula is C20H13Cl2NO4. The van der Waals surface area contributed by atoms with Crippen LogP contribution in [0.2, 0.25) is 10.0 Å². The first-order valence-corrected chi connectivity index (χ1v) is 8.53. The summed E-state index contributed by atoms with van der Waals surface area (Å²) in [5.41, 5.74) is 2.17. The normalized spacial score (nSPS) is 10.9. The Bertz CT molecular complexity index is 1000. The van der Waals surface area contributed by atoms with Gasteiger partial charge in [0, 0.05) is 11.3 Å². The number of furan rings is 1. The number of ketones is 1. The van der Waals surface area contributed by atoms with E-state index in [0.29, 0.717) is 28.8 Å². The van der Waals surface area contributed by atoms with Crippen molar-refractivity contribution in [2.45, 2.75) is 0 Å². The number of amides is 1. The monoisotopic (exact) mass is 401 g/mol. The predicted octanol–water partition coefficient (Wildman–Crippen LogP) is 5.26. The lowest BCUT2D eigenvalue weighted by Crippen LogP contribution is -2.02. The van der Waals surface area contributed by atoms with Gasteiger partial charge in [-0.15, -0.1) is 0 Å². The van der Waals surface area contributed by atoms with E-state index in [9.17, 15) is 14.7 Å². The van der Waals surface area contributed by atoms with Crippen LogP contribution in [0.1, 0.15) is 27.2 Å². The van der Waals surface area contributed by atoms with Gasteiger partial charge in [-0.05, 0) is 53.6 Å². The molecule has 3 rings (SSSR count). The Kier molecular flexibility index (Phi) is 5.64. The molecule has 0 spiro atoms. The molecule has 7 heteroatoms. The smallest absolute Gasteiger partial charge is 0.228 e. The summed E-state index contributed by atoms with van der Waals surface area (Å²) in [5, 5.41) is 12.5. The van der Waals surface area contributed by atoms with Crippen LogP contribution >= 0.6 is 23.2 Å². The van der Waals surface area contributed by atoms with E-state index in [1.165, 1.54) is 6.26 Å². The Labute approximate surface area is 164 Å². The maximum absolute atomic E-state index is 12.5. The average Bonchev–Trinajstić information content (AvgIpc) is 3.19. The maximum atomic E-state index is 12.5. The van der Waals surface area contributed by atoms with Crippen molar-refractivity contribution in [1.82, 2.24) is 0 Å². The van der Waals surface area contributed by atoms with Gasteiger partial charge in [0.25, 0.3) is 0 Å². The zero-order valence-corrected chi connectivity index (χ0v) is 15.3. The van der Waals surface area contributed by atoms with E-state index in [1.807, 2.05) is 0 Å². The highest BCUT2D eigenvalue weighted by Crippen LogP contribution is 2.33. The zero-order chi connectivity index (χ0) is 19.4. The molecule has 1 heterocycles. The summed E-state index contributed by atoms with van der Waals surface area (Å²) in [6.45, 7) is 0. The molecule has 0 aliphatic heterocycles. The van der Waals surface area contributed by atoms with Crippen LogP contribution in [-0.2, 0) is 4.79 Å². The van der Waals surface area contributed by atoms with E-state index in [0.717, 1.165) is 0 Å². The number of benzene rings is 2. The summed E-state index contributed by atoms with van der Waals surface area (Å²) in [6.07, 6.45) is 5.37. The highest BCUT2D eigenvalue weighted by Gasteiger charge is 2.13. The van der Waals surface area contributed by atoms with Gasteiger partial charge in [-0.3, -0.25) is 9.59 Å². The first-order chi connectivity index (χ1) is 13.0. The number of carbonyl (C=O) groups excluding carboxylic acids is 2. The Hall–Kier alpha value is -3.02. The van der Waals surface area contributed by atoms with Crippen molar-refractivity contribution in [1.29, 1.82) is 0 Å². The third-order valence-corrected chi connectivity index (χ3v) is 4.34. The summed E-state index contributed by atoms with van der Waals surface area (Å²) in [7, 11) is 0. The lowest BCUT2D eigenvalue weighted by Gasteiger charge is -2.07. The molecule has 3 aromatic rings. The highest BCUT2D eigenvalue weighted by atomic mass is 35.5. The molecule has 2 N–H and O–H groups in total. The van der Waals surface area contributed by atoms with E-state index >= 15 is 0 Å². The molecule has 5 nitrogen and oxygen atoms in total. The molecule has 0 aliphatic carbocycles. The minimum absolute atomic E-state index is 0.120. The molecule has 0 bridgehead atoms. The summed E-state index contributed by atoms with van der Waals surface area (Å²) in [6, 6.07) is 11.2. The summed E-state index contributed by atoms with van der Waals surface area (Å²) >= 11 is 11.8. The topological polar surface area (TPSA) is 79.5 Å². The number of halogens is 2. The van der Waals surface area contributed by atoms with E-state index in [4.69, 9.17) is 27.6 Å². The van der Waals surface area contributed by atoms with Gasteiger partial charge in [-0.2, -0.15) is 0 Å². The van der Waals surface area contributed by atoms with Gasteiger partial charge in [-0.1, -0.05) is 35.4 Å². The van der Waals surface area contributed by atoms with E-state index in [2.05, 4.69) is 5.32 Å². The molecule has 0 saturated heterocycles.